The first kappa shape index (κ1) is 24.8. The summed E-state index contributed by atoms with van der Waals surface area (Å²) in [5.74, 6) is -1.22. The van der Waals surface area contributed by atoms with E-state index in [9.17, 15) is 23.3 Å². The van der Waals surface area contributed by atoms with Gasteiger partial charge in [0.25, 0.3) is 5.91 Å². The van der Waals surface area contributed by atoms with Gasteiger partial charge in [0, 0.05) is 6.26 Å². The lowest BCUT2D eigenvalue weighted by atomic mass is 10.1. The molecule has 3 rings (SSSR count). The van der Waals surface area contributed by atoms with Gasteiger partial charge in [0.1, 0.15) is 11.6 Å². The molecule has 174 valence electrons. The van der Waals surface area contributed by atoms with Gasteiger partial charge in [0.2, 0.25) is 19.3 Å². The number of esters is 1. The Labute approximate surface area is 203 Å². The average Bonchev–Trinajstić information content (AvgIpc) is 3.27. The Balaban J connectivity index is 1.80. The zero-order chi connectivity index (χ0) is 24.9. The molecule has 0 aliphatic rings. The van der Waals surface area contributed by atoms with Crippen LogP contribution in [-0.2, 0) is 14.6 Å². The monoisotopic (exact) mass is 518 g/mol. The van der Waals surface area contributed by atoms with Crippen molar-refractivity contribution in [3.05, 3.63) is 64.2 Å². The quantitative estimate of drug-likeness (QED) is 0.163. The Morgan fingerprint density at radius 3 is 2.53 bits per heavy atom. The van der Waals surface area contributed by atoms with Crippen molar-refractivity contribution in [2.24, 2.45) is 0 Å². The number of anilines is 1. The Bertz CT molecular complexity index is 1440. The summed E-state index contributed by atoms with van der Waals surface area (Å²) in [6.45, 7) is 0. The van der Waals surface area contributed by atoms with E-state index in [0.29, 0.717) is 16.9 Å². The van der Waals surface area contributed by atoms with Crippen LogP contribution in [0.1, 0.15) is 15.9 Å². The van der Waals surface area contributed by atoms with Crippen LogP contribution < -0.4 is 14.8 Å². The molecule has 0 saturated heterocycles. The summed E-state index contributed by atoms with van der Waals surface area (Å²) in [6.07, 6.45) is 2.23. The van der Waals surface area contributed by atoms with E-state index in [1.54, 1.807) is 24.3 Å². The van der Waals surface area contributed by atoms with Gasteiger partial charge in [-0.05, 0) is 35.9 Å². The predicted octanol–water partition coefficient (Wildman–Crippen LogP) is 3.37. The molecular weight excluding hydrogens is 504 g/mol. The third kappa shape index (κ3) is 5.96. The number of benzene rings is 2. The standard InChI is InChI=1S/C21H15ClN4O6S2/c1-31-17-10-12(7-8-16(17)32-19(28)14-5-3-4-6-15(14)22)9-13(11-23)18(27)24-20-25-26-21(33-20)34(2,29)30/h3-10H,1-2H3,(H,24,25,27). The maximum absolute atomic E-state index is 12.4. The minimum absolute atomic E-state index is 0.0778. The summed E-state index contributed by atoms with van der Waals surface area (Å²) in [4.78, 5) is 24.9. The fraction of sp³-hybridized carbons (Fsp3) is 0.0952. The van der Waals surface area contributed by atoms with E-state index in [1.165, 1.54) is 37.5 Å². The molecule has 10 nitrogen and oxygen atoms in total. The first-order valence-electron chi connectivity index (χ1n) is 9.24. The zero-order valence-electron chi connectivity index (χ0n) is 17.6. The Morgan fingerprint density at radius 2 is 1.91 bits per heavy atom. The largest absolute Gasteiger partial charge is 0.493 e. The van der Waals surface area contributed by atoms with E-state index in [0.717, 1.165) is 6.26 Å². The maximum atomic E-state index is 12.4. The fourth-order valence-corrected chi connectivity index (χ4v) is 4.25. The third-order valence-electron chi connectivity index (χ3n) is 4.10. The van der Waals surface area contributed by atoms with E-state index in [1.807, 2.05) is 0 Å². The molecule has 0 atom stereocenters. The van der Waals surface area contributed by atoms with E-state index < -0.39 is 21.7 Å². The second kappa shape index (κ2) is 10.4. The van der Waals surface area contributed by atoms with Gasteiger partial charge in [-0.3, -0.25) is 10.1 Å². The first-order chi connectivity index (χ1) is 16.1. The van der Waals surface area contributed by atoms with Crippen molar-refractivity contribution in [3.8, 4) is 17.6 Å². The Kier molecular flexibility index (Phi) is 7.62. The second-order valence-corrected chi connectivity index (χ2v) is 10.1. The van der Waals surface area contributed by atoms with E-state index >= 15 is 0 Å². The van der Waals surface area contributed by atoms with E-state index in [4.69, 9.17) is 21.1 Å². The number of hydrogen-bond donors (Lipinski definition) is 1. The van der Waals surface area contributed by atoms with Crippen LogP contribution in [0.5, 0.6) is 11.5 Å². The van der Waals surface area contributed by atoms with Crippen molar-refractivity contribution in [1.82, 2.24) is 10.2 Å². The number of hydrogen-bond acceptors (Lipinski definition) is 10. The molecule has 0 radical (unpaired) electrons. The molecular formula is C21H15ClN4O6S2. The number of aromatic nitrogens is 2. The highest BCUT2D eigenvalue weighted by Crippen LogP contribution is 2.30. The molecule has 1 aromatic heterocycles. The molecule has 3 aromatic rings. The third-order valence-corrected chi connectivity index (χ3v) is 6.94. The highest BCUT2D eigenvalue weighted by Gasteiger charge is 2.18. The van der Waals surface area contributed by atoms with Crippen molar-refractivity contribution in [1.29, 1.82) is 5.26 Å². The molecule has 2 aromatic carbocycles. The van der Waals surface area contributed by atoms with Crippen LogP contribution in [-0.4, -0.2) is 43.9 Å². The van der Waals surface area contributed by atoms with Gasteiger partial charge in [-0.15, -0.1) is 10.2 Å². The summed E-state index contributed by atoms with van der Waals surface area (Å²) in [5, 5.41) is 19.0. The fourth-order valence-electron chi connectivity index (χ4n) is 2.53. The molecule has 13 heteroatoms. The van der Waals surface area contributed by atoms with Gasteiger partial charge in [0.05, 0.1) is 17.7 Å². The van der Waals surface area contributed by atoms with Crippen LogP contribution in [0.25, 0.3) is 6.08 Å². The summed E-state index contributed by atoms with van der Waals surface area (Å²) in [5.41, 5.74) is 0.281. The van der Waals surface area contributed by atoms with Crippen LogP contribution in [0.4, 0.5) is 5.13 Å². The molecule has 1 heterocycles. The minimum Gasteiger partial charge on any atom is -0.493 e. The predicted molar refractivity (Wildman–Crippen MR) is 125 cm³/mol. The maximum Gasteiger partial charge on any atom is 0.345 e. The van der Waals surface area contributed by atoms with Crippen LogP contribution in [0, 0.1) is 11.3 Å². The Morgan fingerprint density at radius 1 is 1.18 bits per heavy atom. The van der Waals surface area contributed by atoms with Gasteiger partial charge in [0.15, 0.2) is 11.5 Å². The van der Waals surface area contributed by atoms with Crippen molar-refractivity contribution in [3.63, 3.8) is 0 Å². The highest BCUT2D eigenvalue weighted by molar-refractivity contribution is 7.92. The minimum atomic E-state index is -3.58. The van der Waals surface area contributed by atoms with E-state index in [-0.39, 0.29) is 37.1 Å². The zero-order valence-corrected chi connectivity index (χ0v) is 20.0. The molecule has 0 bridgehead atoms. The van der Waals surface area contributed by atoms with Crippen LogP contribution in [0.3, 0.4) is 0 Å². The summed E-state index contributed by atoms with van der Waals surface area (Å²) < 4.78 is 33.4. The molecule has 0 unspecified atom stereocenters. The summed E-state index contributed by atoms with van der Waals surface area (Å²) in [6, 6.07) is 12.6. The van der Waals surface area contributed by atoms with Gasteiger partial charge >= 0.3 is 5.97 Å². The number of carbonyl (C=O) groups excluding carboxylic acids is 2. The number of amides is 1. The number of methoxy groups -OCH3 is 1. The number of ether oxygens (including phenoxy) is 2. The lowest BCUT2D eigenvalue weighted by molar-refractivity contribution is -0.112. The Hall–Kier alpha value is -3.79. The molecule has 1 N–H and O–H groups in total. The topological polar surface area (TPSA) is 148 Å². The lowest BCUT2D eigenvalue weighted by Crippen LogP contribution is -2.13. The SMILES string of the molecule is COc1cc(C=C(C#N)C(=O)Nc2nnc(S(C)(=O)=O)s2)ccc1OC(=O)c1ccccc1Cl. The normalized spacial score (nSPS) is 11.4. The number of rotatable bonds is 7. The lowest BCUT2D eigenvalue weighted by Gasteiger charge is -2.11. The van der Waals surface area contributed by atoms with Gasteiger partial charge < -0.3 is 9.47 Å². The van der Waals surface area contributed by atoms with Crippen molar-refractivity contribution in [2.75, 3.05) is 18.7 Å². The van der Waals surface area contributed by atoms with Crippen molar-refractivity contribution >= 4 is 55.9 Å². The van der Waals surface area contributed by atoms with E-state index in [2.05, 4.69) is 15.5 Å². The number of sulfone groups is 1. The number of carbonyl (C=O) groups is 2. The molecule has 0 spiro atoms. The van der Waals surface area contributed by atoms with Crippen LogP contribution in [0.15, 0.2) is 52.4 Å². The summed E-state index contributed by atoms with van der Waals surface area (Å²) >= 11 is 6.68. The van der Waals surface area contributed by atoms with Crippen molar-refractivity contribution in [2.45, 2.75) is 4.34 Å². The summed E-state index contributed by atoms with van der Waals surface area (Å²) in [7, 11) is -2.21. The molecule has 34 heavy (non-hydrogen) atoms. The molecule has 0 aliphatic carbocycles. The van der Waals surface area contributed by atoms with Crippen LogP contribution in [0.2, 0.25) is 5.02 Å². The molecule has 0 saturated carbocycles. The molecule has 1 amide bonds. The van der Waals surface area contributed by atoms with Crippen molar-refractivity contribution < 1.29 is 27.5 Å². The van der Waals surface area contributed by atoms with Gasteiger partial charge in [-0.2, -0.15) is 5.26 Å². The highest BCUT2D eigenvalue weighted by atomic mass is 35.5. The van der Waals surface area contributed by atoms with Gasteiger partial charge in [-0.1, -0.05) is 41.1 Å². The van der Waals surface area contributed by atoms with Crippen LogP contribution >= 0.6 is 22.9 Å². The number of halogens is 1. The molecule has 0 aliphatic heterocycles. The first-order valence-corrected chi connectivity index (χ1v) is 12.3. The number of nitriles is 1. The second-order valence-electron chi connectivity index (χ2n) is 6.55. The molecule has 0 fully saturated rings. The van der Waals surface area contributed by atoms with Gasteiger partial charge in [-0.25, -0.2) is 13.2 Å². The average molecular weight is 519 g/mol. The number of nitrogens with one attached hydrogen (secondary N) is 1. The smallest absolute Gasteiger partial charge is 0.345 e. The number of nitrogens with zero attached hydrogens (tertiary/aromatic N) is 3.